The third-order valence-electron chi connectivity index (χ3n) is 2.46. The average Bonchev–Trinajstić information content (AvgIpc) is 2.51. The van der Waals surface area contributed by atoms with Gasteiger partial charge in [-0.05, 0) is 20.8 Å². The van der Waals surface area contributed by atoms with Crippen molar-refractivity contribution in [2.45, 2.75) is 38.9 Å². The third kappa shape index (κ3) is 4.52. The standard InChI is InChI=1S/C12H21NO5/c1-12(2,3)18-11(15)13-6-5-9(10(14)16-4)17-8-7-13/h9H,5-8H2,1-4H3. The quantitative estimate of drug-likeness (QED) is 0.662. The van der Waals surface area contributed by atoms with E-state index in [0.717, 1.165) is 0 Å². The summed E-state index contributed by atoms with van der Waals surface area (Å²) in [5, 5.41) is 0. The van der Waals surface area contributed by atoms with Crippen LogP contribution >= 0.6 is 0 Å². The van der Waals surface area contributed by atoms with Crippen molar-refractivity contribution in [1.29, 1.82) is 0 Å². The summed E-state index contributed by atoms with van der Waals surface area (Å²) >= 11 is 0. The summed E-state index contributed by atoms with van der Waals surface area (Å²) in [6.07, 6.45) is -0.551. The van der Waals surface area contributed by atoms with E-state index in [1.807, 2.05) is 20.8 Å². The average molecular weight is 259 g/mol. The van der Waals surface area contributed by atoms with E-state index in [-0.39, 0.29) is 6.09 Å². The minimum absolute atomic E-state index is 0.305. The third-order valence-corrected chi connectivity index (χ3v) is 2.46. The van der Waals surface area contributed by atoms with Crippen LogP contribution in [0.2, 0.25) is 0 Å². The van der Waals surface area contributed by atoms with Crippen LogP contribution in [0.3, 0.4) is 0 Å². The predicted octanol–water partition coefficient (Wildman–Crippen LogP) is 1.19. The van der Waals surface area contributed by atoms with E-state index in [1.54, 1.807) is 4.90 Å². The molecule has 6 nitrogen and oxygen atoms in total. The maximum atomic E-state index is 11.8. The predicted molar refractivity (Wildman–Crippen MR) is 64.2 cm³/mol. The lowest BCUT2D eigenvalue weighted by molar-refractivity contribution is -0.153. The summed E-state index contributed by atoms with van der Waals surface area (Å²) in [7, 11) is 1.32. The van der Waals surface area contributed by atoms with Gasteiger partial charge in [-0.25, -0.2) is 9.59 Å². The molecule has 0 aromatic rings. The first-order chi connectivity index (χ1) is 8.33. The van der Waals surface area contributed by atoms with Crippen LogP contribution in [0.5, 0.6) is 0 Å². The van der Waals surface area contributed by atoms with Gasteiger partial charge in [0.2, 0.25) is 0 Å². The Morgan fingerprint density at radius 2 is 1.94 bits per heavy atom. The van der Waals surface area contributed by atoms with Crippen molar-refractivity contribution in [3.63, 3.8) is 0 Å². The van der Waals surface area contributed by atoms with Crippen molar-refractivity contribution in [2.75, 3.05) is 26.8 Å². The second-order valence-corrected chi connectivity index (χ2v) is 5.14. The van der Waals surface area contributed by atoms with Crippen molar-refractivity contribution >= 4 is 12.1 Å². The normalized spacial score (nSPS) is 21.1. The minimum Gasteiger partial charge on any atom is -0.467 e. The van der Waals surface area contributed by atoms with Gasteiger partial charge in [-0.15, -0.1) is 0 Å². The van der Waals surface area contributed by atoms with Crippen LogP contribution in [-0.4, -0.2) is 55.5 Å². The van der Waals surface area contributed by atoms with E-state index in [0.29, 0.717) is 26.1 Å². The number of amides is 1. The Hall–Kier alpha value is -1.30. The van der Waals surface area contributed by atoms with Gasteiger partial charge >= 0.3 is 12.1 Å². The molecule has 1 heterocycles. The van der Waals surface area contributed by atoms with Gasteiger partial charge < -0.3 is 19.1 Å². The number of carbonyl (C=O) groups is 2. The summed E-state index contributed by atoms with van der Waals surface area (Å²) in [6.45, 7) is 6.60. The van der Waals surface area contributed by atoms with Crippen molar-refractivity contribution in [3.05, 3.63) is 0 Å². The van der Waals surface area contributed by atoms with Crippen LogP contribution < -0.4 is 0 Å². The van der Waals surface area contributed by atoms with Gasteiger partial charge in [0.05, 0.1) is 13.7 Å². The van der Waals surface area contributed by atoms with E-state index in [2.05, 4.69) is 4.74 Å². The summed E-state index contributed by atoms with van der Waals surface area (Å²) in [5.74, 6) is -0.402. The first kappa shape index (κ1) is 14.8. The number of rotatable bonds is 1. The molecule has 1 atom stereocenters. The zero-order chi connectivity index (χ0) is 13.8. The van der Waals surface area contributed by atoms with Gasteiger partial charge in [-0.1, -0.05) is 0 Å². The Morgan fingerprint density at radius 1 is 1.28 bits per heavy atom. The van der Waals surface area contributed by atoms with Gasteiger partial charge in [-0.2, -0.15) is 0 Å². The molecule has 1 amide bonds. The van der Waals surface area contributed by atoms with E-state index in [9.17, 15) is 9.59 Å². The molecular formula is C12H21NO5. The van der Waals surface area contributed by atoms with Gasteiger partial charge in [0.1, 0.15) is 5.60 Å². The Labute approximate surface area is 107 Å². The number of hydrogen-bond acceptors (Lipinski definition) is 5. The van der Waals surface area contributed by atoms with E-state index in [4.69, 9.17) is 9.47 Å². The van der Waals surface area contributed by atoms with Gasteiger partial charge in [0, 0.05) is 19.5 Å². The van der Waals surface area contributed by atoms with Crippen molar-refractivity contribution < 1.29 is 23.8 Å². The summed E-state index contributed by atoms with van der Waals surface area (Å²) in [6, 6.07) is 0. The highest BCUT2D eigenvalue weighted by Crippen LogP contribution is 2.13. The number of nitrogens with zero attached hydrogens (tertiary/aromatic N) is 1. The number of carbonyl (C=O) groups excluding carboxylic acids is 2. The Kier molecular flexibility index (Phi) is 4.95. The smallest absolute Gasteiger partial charge is 0.410 e. The molecule has 0 aliphatic carbocycles. The Balaban J connectivity index is 2.51. The lowest BCUT2D eigenvalue weighted by atomic mass is 10.2. The van der Waals surface area contributed by atoms with Gasteiger partial charge in [0.25, 0.3) is 0 Å². The number of ether oxygens (including phenoxy) is 3. The van der Waals surface area contributed by atoms with Crippen LogP contribution in [0, 0.1) is 0 Å². The molecule has 0 bridgehead atoms. The largest absolute Gasteiger partial charge is 0.467 e. The molecule has 1 aliphatic heterocycles. The lowest BCUT2D eigenvalue weighted by Gasteiger charge is -2.25. The maximum Gasteiger partial charge on any atom is 0.410 e. The lowest BCUT2D eigenvalue weighted by Crippen LogP contribution is -2.38. The van der Waals surface area contributed by atoms with Crippen LogP contribution in [0.25, 0.3) is 0 Å². The van der Waals surface area contributed by atoms with Gasteiger partial charge in [0.15, 0.2) is 6.10 Å². The molecule has 1 unspecified atom stereocenters. The van der Waals surface area contributed by atoms with Crippen LogP contribution in [-0.2, 0) is 19.0 Å². The SMILES string of the molecule is COC(=O)C1CCN(C(=O)OC(C)(C)C)CCO1. The number of hydrogen-bond donors (Lipinski definition) is 0. The molecule has 0 aromatic heterocycles. The molecule has 1 rings (SSSR count). The second-order valence-electron chi connectivity index (χ2n) is 5.14. The summed E-state index contributed by atoms with van der Waals surface area (Å²) < 4.78 is 15.2. The van der Waals surface area contributed by atoms with Crippen LogP contribution in [0.15, 0.2) is 0 Å². The van der Waals surface area contributed by atoms with Crippen molar-refractivity contribution in [1.82, 2.24) is 4.90 Å². The number of esters is 1. The molecule has 1 aliphatic rings. The maximum absolute atomic E-state index is 11.8. The first-order valence-electron chi connectivity index (χ1n) is 6.01. The molecule has 18 heavy (non-hydrogen) atoms. The fourth-order valence-corrected chi connectivity index (χ4v) is 1.60. The molecule has 6 heteroatoms. The number of methoxy groups -OCH3 is 1. The molecule has 0 spiro atoms. The zero-order valence-corrected chi connectivity index (χ0v) is 11.4. The summed E-state index contributed by atoms with van der Waals surface area (Å²) in [5.41, 5.74) is -0.522. The molecule has 1 saturated heterocycles. The fraction of sp³-hybridized carbons (Fsp3) is 0.833. The molecule has 0 radical (unpaired) electrons. The molecule has 0 saturated carbocycles. The highest BCUT2D eigenvalue weighted by Gasteiger charge is 2.28. The zero-order valence-electron chi connectivity index (χ0n) is 11.4. The Morgan fingerprint density at radius 3 is 2.50 bits per heavy atom. The topological polar surface area (TPSA) is 65.1 Å². The highest BCUT2D eigenvalue weighted by molar-refractivity contribution is 5.75. The monoisotopic (exact) mass is 259 g/mol. The highest BCUT2D eigenvalue weighted by atomic mass is 16.6. The van der Waals surface area contributed by atoms with Crippen LogP contribution in [0.4, 0.5) is 4.79 Å². The van der Waals surface area contributed by atoms with Gasteiger partial charge in [-0.3, -0.25) is 0 Å². The molecule has 0 aromatic carbocycles. The van der Waals surface area contributed by atoms with Crippen molar-refractivity contribution in [3.8, 4) is 0 Å². The second kappa shape index (κ2) is 6.04. The summed E-state index contributed by atoms with van der Waals surface area (Å²) in [4.78, 5) is 24.7. The molecule has 1 fully saturated rings. The molecule has 104 valence electrons. The van der Waals surface area contributed by atoms with E-state index < -0.39 is 17.7 Å². The minimum atomic E-state index is -0.595. The van der Waals surface area contributed by atoms with Crippen LogP contribution in [0.1, 0.15) is 27.2 Å². The molecule has 0 N–H and O–H groups in total. The first-order valence-corrected chi connectivity index (χ1v) is 6.01. The Bertz CT molecular complexity index is 310. The van der Waals surface area contributed by atoms with E-state index in [1.165, 1.54) is 7.11 Å². The molecular weight excluding hydrogens is 238 g/mol. The fourth-order valence-electron chi connectivity index (χ4n) is 1.60. The van der Waals surface area contributed by atoms with E-state index >= 15 is 0 Å². The van der Waals surface area contributed by atoms with Crippen molar-refractivity contribution in [2.24, 2.45) is 0 Å².